The molecule has 0 spiro atoms. The Labute approximate surface area is 124 Å². The number of fused-ring (bicyclic) bond motifs is 1. The van der Waals surface area contributed by atoms with Crippen LogP contribution in [0.4, 0.5) is 8.78 Å². The number of alkyl halides is 2. The first kappa shape index (κ1) is 14.1. The summed E-state index contributed by atoms with van der Waals surface area (Å²) in [4.78, 5) is 11.0. The maximum absolute atomic E-state index is 12.3. The summed E-state index contributed by atoms with van der Waals surface area (Å²) in [6, 6.07) is 12.8. The van der Waals surface area contributed by atoms with Gasteiger partial charge in [0.1, 0.15) is 5.75 Å². The molecule has 2 aromatic carbocycles. The fourth-order valence-corrected chi connectivity index (χ4v) is 2.31. The molecule has 0 bridgehead atoms. The minimum absolute atomic E-state index is 0.0662. The van der Waals surface area contributed by atoms with E-state index >= 15 is 0 Å². The molecule has 0 unspecified atom stereocenters. The first-order valence-electron chi connectivity index (χ1n) is 6.44. The normalized spacial score (nSPS) is 11.0. The van der Waals surface area contributed by atoms with Crippen molar-refractivity contribution in [3.8, 4) is 11.4 Å². The molecule has 0 saturated carbocycles. The van der Waals surface area contributed by atoms with Gasteiger partial charge in [0, 0.05) is 23.3 Å². The third kappa shape index (κ3) is 2.63. The first-order valence-corrected chi connectivity index (χ1v) is 6.44. The molecule has 3 aromatic rings. The monoisotopic (exact) mass is 303 g/mol. The zero-order chi connectivity index (χ0) is 15.7. The SMILES string of the molecule is O=C(O)c1ccc2c(ccn2-c2cccc(OC(F)F)c2)c1. The highest BCUT2D eigenvalue weighted by Gasteiger charge is 2.09. The van der Waals surface area contributed by atoms with Crippen molar-refractivity contribution in [3.05, 3.63) is 60.3 Å². The molecule has 112 valence electrons. The Kier molecular flexibility index (Phi) is 3.50. The lowest BCUT2D eigenvalue weighted by molar-refractivity contribution is -0.0498. The van der Waals surface area contributed by atoms with Gasteiger partial charge in [0.15, 0.2) is 0 Å². The molecule has 4 nitrogen and oxygen atoms in total. The fraction of sp³-hybridized carbons (Fsp3) is 0.0625. The van der Waals surface area contributed by atoms with Gasteiger partial charge >= 0.3 is 12.6 Å². The number of aromatic carboxylic acids is 1. The molecule has 6 heteroatoms. The fourth-order valence-electron chi connectivity index (χ4n) is 2.31. The number of nitrogens with zero attached hydrogens (tertiary/aromatic N) is 1. The zero-order valence-electron chi connectivity index (χ0n) is 11.2. The lowest BCUT2D eigenvalue weighted by Crippen LogP contribution is -2.02. The van der Waals surface area contributed by atoms with E-state index in [2.05, 4.69) is 4.74 Å². The summed E-state index contributed by atoms with van der Waals surface area (Å²) >= 11 is 0. The Morgan fingerprint density at radius 1 is 1.14 bits per heavy atom. The van der Waals surface area contributed by atoms with Gasteiger partial charge in [-0.3, -0.25) is 0 Å². The highest BCUT2D eigenvalue weighted by molar-refractivity contribution is 5.94. The van der Waals surface area contributed by atoms with E-state index in [0.717, 1.165) is 10.9 Å². The van der Waals surface area contributed by atoms with Crippen molar-refractivity contribution in [2.75, 3.05) is 0 Å². The highest BCUT2D eigenvalue weighted by atomic mass is 19.3. The number of hydrogen-bond acceptors (Lipinski definition) is 2. The maximum atomic E-state index is 12.3. The number of halogens is 2. The molecule has 0 saturated heterocycles. The molecule has 1 N–H and O–H groups in total. The minimum Gasteiger partial charge on any atom is -0.478 e. The quantitative estimate of drug-likeness (QED) is 0.794. The van der Waals surface area contributed by atoms with Gasteiger partial charge < -0.3 is 14.4 Å². The average Bonchev–Trinajstić information content (AvgIpc) is 2.89. The van der Waals surface area contributed by atoms with Gasteiger partial charge in [0.25, 0.3) is 0 Å². The zero-order valence-corrected chi connectivity index (χ0v) is 11.2. The summed E-state index contributed by atoms with van der Waals surface area (Å²) in [6.07, 6.45) is 1.75. The molecule has 1 heterocycles. The molecule has 0 aliphatic carbocycles. The lowest BCUT2D eigenvalue weighted by Gasteiger charge is -2.09. The summed E-state index contributed by atoms with van der Waals surface area (Å²) in [5, 5.41) is 9.74. The summed E-state index contributed by atoms with van der Waals surface area (Å²) < 4.78 is 30.7. The van der Waals surface area contributed by atoms with Crippen LogP contribution in [0.1, 0.15) is 10.4 Å². The van der Waals surface area contributed by atoms with Crippen molar-refractivity contribution in [2.24, 2.45) is 0 Å². The van der Waals surface area contributed by atoms with Crippen LogP contribution in [0.5, 0.6) is 5.75 Å². The number of aromatic nitrogens is 1. The molecule has 0 atom stereocenters. The van der Waals surface area contributed by atoms with E-state index in [1.54, 1.807) is 41.1 Å². The lowest BCUT2D eigenvalue weighted by atomic mass is 10.1. The van der Waals surface area contributed by atoms with Crippen LogP contribution in [0.3, 0.4) is 0 Å². The number of carboxylic acid groups (broad SMARTS) is 1. The Balaban J connectivity index is 2.05. The van der Waals surface area contributed by atoms with Crippen LogP contribution >= 0.6 is 0 Å². The standard InChI is InChI=1S/C16H11F2NO3/c17-16(18)22-13-3-1-2-12(9-13)19-7-6-10-8-11(15(20)21)4-5-14(10)19/h1-9,16H,(H,20,21). The average molecular weight is 303 g/mol. The predicted octanol–water partition coefficient (Wildman–Crippen LogP) is 3.93. The molecule has 3 rings (SSSR count). The molecule has 22 heavy (non-hydrogen) atoms. The Bertz CT molecular complexity index is 842. The second-order valence-electron chi connectivity index (χ2n) is 4.64. The number of hydrogen-bond donors (Lipinski definition) is 1. The summed E-state index contributed by atoms with van der Waals surface area (Å²) in [6.45, 7) is -2.88. The van der Waals surface area contributed by atoms with E-state index < -0.39 is 12.6 Å². The van der Waals surface area contributed by atoms with E-state index in [1.807, 2.05) is 0 Å². The Morgan fingerprint density at radius 2 is 1.95 bits per heavy atom. The van der Waals surface area contributed by atoms with Crippen molar-refractivity contribution < 1.29 is 23.4 Å². The van der Waals surface area contributed by atoms with Crippen LogP contribution in [-0.2, 0) is 0 Å². The smallest absolute Gasteiger partial charge is 0.387 e. The second-order valence-corrected chi connectivity index (χ2v) is 4.64. The van der Waals surface area contributed by atoms with Crippen molar-refractivity contribution >= 4 is 16.9 Å². The molecule has 0 radical (unpaired) electrons. The van der Waals surface area contributed by atoms with Crippen LogP contribution in [0.2, 0.25) is 0 Å². The van der Waals surface area contributed by atoms with E-state index in [-0.39, 0.29) is 11.3 Å². The molecular formula is C16H11F2NO3. The predicted molar refractivity (Wildman–Crippen MR) is 76.9 cm³/mol. The summed E-state index contributed by atoms with van der Waals surface area (Å²) in [7, 11) is 0. The van der Waals surface area contributed by atoms with Crippen LogP contribution in [0.15, 0.2) is 54.7 Å². The topological polar surface area (TPSA) is 51.5 Å². The third-order valence-electron chi connectivity index (χ3n) is 3.26. The van der Waals surface area contributed by atoms with E-state index in [0.29, 0.717) is 5.69 Å². The molecule has 1 aromatic heterocycles. The van der Waals surface area contributed by atoms with Crippen LogP contribution < -0.4 is 4.74 Å². The Morgan fingerprint density at radius 3 is 2.68 bits per heavy atom. The van der Waals surface area contributed by atoms with Crippen molar-refractivity contribution in [3.63, 3.8) is 0 Å². The minimum atomic E-state index is -2.88. The van der Waals surface area contributed by atoms with E-state index in [9.17, 15) is 13.6 Å². The number of benzene rings is 2. The summed E-state index contributed by atoms with van der Waals surface area (Å²) in [5.74, 6) is -0.932. The highest BCUT2D eigenvalue weighted by Crippen LogP contribution is 2.24. The largest absolute Gasteiger partial charge is 0.478 e. The number of ether oxygens (including phenoxy) is 1. The van der Waals surface area contributed by atoms with Gasteiger partial charge in [-0.2, -0.15) is 8.78 Å². The van der Waals surface area contributed by atoms with Gasteiger partial charge in [-0.15, -0.1) is 0 Å². The van der Waals surface area contributed by atoms with Gasteiger partial charge in [0.2, 0.25) is 0 Å². The van der Waals surface area contributed by atoms with Gasteiger partial charge in [-0.05, 0) is 36.4 Å². The molecule has 0 aliphatic heterocycles. The molecular weight excluding hydrogens is 292 g/mol. The third-order valence-corrected chi connectivity index (χ3v) is 3.26. The first-order chi connectivity index (χ1) is 10.5. The second kappa shape index (κ2) is 5.48. The molecule has 0 amide bonds. The number of rotatable bonds is 4. The summed E-state index contributed by atoms with van der Waals surface area (Å²) in [5.41, 5.74) is 1.62. The van der Waals surface area contributed by atoms with E-state index in [1.165, 1.54) is 18.2 Å². The number of carbonyl (C=O) groups is 1. The Hall–Kier alpha value is -2.89. The van der Waals surface area contributed by atoms with Crippen LogP contribution in [-0.4, -0.2) is 22.3 Å². The van der Waals surface area contributed by atoms with Crippen LogP contribution in [0.25, 0.3) is 16.6 Å². The van der Waals surface area contributed by atoms with Crippen molar-refractivity contribution in [1.29, 1.82) is 0 Å². The van der Waals surface area contributed by atoms with Gasteiger partial charge in [-0.25, -0.2) is 4.79 Å². The molecule has 0 aliphatic rings. The van der Waals surface area contributed by atoms with E-state index in [4.69, 9.17) is 5.11 Å². The van der Waals surface area contributed by atoms with Crippen molar-refractivity contribution in [1.82, 2.24) is 4.57 Å². The van der Waals surface area contributed by atoms with Gasteiger partial charge in [0.05, 0.1) is 11.1 Å². The molecule has 0 fully saturated rings. The maximum Gasteiger partial charge on any atom is 0.387 e. The van der Waals surface area contributed by atoms with Gasteiger partial charge in [-0.1, -0.05) is 6.07 Å². The number of carboxylic acids is 1. The van der Waals surface area contributed by atoms with Crippen LogP contribution in [0, 0.1) is 0 Å². The van der Waals surface area contributed by atoms with Crippen molar-refractivity contribution in [2.45, 2.75) is 6.61 Å².